The molecule has 90 valence electrons. The standard InChI is InChI=1S/C3H7O.2CH5O3P.Al/c1-3(2)4;2*2-1-5(3)4;/h3-4H,1H2,2H3;2*2,5H,1H2,(H,3,4);/q;;;+2/p-2. The zero-order valence-electron chi connectivity index (χ0n) is 8.25. The topological polar surface area (TPSA) is 141 Å². The van der Waals surface area contributed by atoms with Crippen molar-refractivity contribution in [3.8, 4) is 0 Å². The summed E-state index contributed by atoms with van der Waals surface area (Å²) >= 11 is 2.44. The van der Waals surface area contributed by atoms with E-state index in [0.717, 1.165) is 5.28 Å². The van der Waals surface area contributed by atoms with E-state index in [9.17, 15) is 18.9 Å². The molecule has 0 aromatic heterocycles. The van der Waals surface area contributed by atoms with E-state index < -0.39 is 28.8 Å². The largest absolute Gasteiger partial charge is 0.800 e. The van der Waals surface area contributed by atoms with Crippen molar-refractivity contribution in [3.63, 3.8) is 0 Å². The molecule has 0 aromatic carbocycles. The Morgan fingerprint density at radius 3 is 1.33 bits per heavy atom. The SMILES string of the molecule is CC(O)[CH2][Al+2].O=[PH]([O-])CO.O=[PH]([O-])CO. The van der Waals surface area contributed by atoms with Gasteiger partial charge >= 0.3 is 39.7 Å². The van der Waals surface area contributed by atoms with Gasteiger partial charge in [-0.05, 0) is 0 Å². The first-order chi connectivity index (χ1) is 6.81. The quantitative estimate of drug-likeness (QED) is 0.382. The number of hydrogen-bond donors (Lipinski definition) is 3. The van der Waals surface area contributed by atoms with Crippen LogP contribution in [0, 0.1) is 0 Å². The van der Waals surface area contributed by atoms with E-state index >= 15 is 0 Å². The monoisotopic (exact) mass is 276 g/mol. The van der Waals surface area contributed by atoms with Crippen LogP contribution in [0.2, 0.25) is 5.28 Å². The Bertz CT molecular complexity index is 151. The van der Waals surface area contributed by atoms with Crippen molar-refractivity contribution in [1.82, 2.24) is 0 Å². The molecule has 15 heavy (non-hydrogen) atoms. The number of rotatable bonds is 3. The Morgan fingerprint density at radius 2 is 1.33 bits per heavy atom. The van der Waals surface area contributed by atoms with Crippen molar-refractivity contribution >= 4 is 32.3 Å². The summed E-state index contributed by atoms with van der Waals surface area (Å²) in [6.07, 6.45) is -1.56. The molecule has 0 aliphatic carbocycles. The van der Waals surface area contributed by atoms with Gasteiger partial charge < -0.3 is 29.1 Å². The Labute approximate surface area is 97.9 Å². The van der Waals surface area contributed by atoms with E-state index in [-0.39, 0.29) is 6.10 Å². The van der Waals surface area contributed by atoms with Crippen LogP contribution in [-0.4, -0.2) is 50.4 Å². The molecule has 0 saturated carbocycles. The van der Waals surface area contributed by atoms with Gasteiger partial charge in [0.05, 0.1) is 12.7 Å². The van der Waals surface area contributed by atoms with Gasteiger partial charge in [-0.25, -0.2) is 0 Å². The average molecular weight is 276 g/mol. The van der Waals surface area contributed by atoms with Crippen LogP contribution in [-0.2, 0) is 9.13 Å². The van der Waals surface area contributed by atoms with Gasteiger partial charge in [0.15, 0.2) is 0 Å². The molecule has 0 fully saturated rings. The summed E-state index contributed by atoms with van der Waals surface area (Å²) in [5, 5.41) is 24.2. The van der Waals surface area contributed by atoms with Gasteiger partial charge in [0, 0.05) is 16.1 Å². The van der Waals surface area contributed by atoms with Crippen molar-refractivity contribution in [1.29, 1.82) is 0 Å². The van der Waals surface area contributed by atoms with E-state index in [0.29, 0.717) is 0 Å². The Balaban J connectivity index is -0.000000144. The van der Waals surface area contributed by atoms with E-state index in [1.54, 1.807) is 6.92 Å². The molecule has 0 aliphatic heterocycles. The van der Waals surface area contributed by atoms with E-state index in [1.807, 2.05) is 0 Å². The van der Waals surface area contributed by atoms with Crippen LogP contribution < -0.4 is 9.79 Å². The molecule has 0 aliphatic rings. The molecule has 7 nitrogen and oxygen atoms in total. The van der Waals surface area contributed by atoms with E-state index in [2.05, 4.69) is 16.3 Å². The summed E-state index contributed by atoms with van der Waals surface area (Å²) in [6.45, 7) is 1.76. The van der Waals surface area contributed by atoms with Gasteiger partial charge in [0.2, 0.25) is 0 Å². The predicted molar refractivity (Wildman–Crippen MR) is 54.4 cm³/mol. The molecule has 3 atom stereocenters. The molecular weight excluding hydrogens is 261 g/mol. The van der Waals surface area contributed by atoms with Crippen molar-refractivity contribution in [3.05, 3.63) is 0 Å². The second kappa shape index (κ2) is 17.2. The van der Waals surface area contributed by atoms with Crippen molar-refractivity contribution in [2.24, 2.45) is 0 Å². The molecule has 3 N–H and O–H groups in total. The number of aliphatic hydroxyl groups excluding tert-OH is 3. The summed E-state index contributed by atoms with van der Waals surface area (Å²) < 4.78 is 18.4. The molecule has 0 aromatic rings. The normalized spacial score (nSPS) is 14.9. The summed E-state index contributed by atoms with van der Waals surface area (Å²) in [5.41, 5.74) is 0. The van der Waals surface area contributed by atoms with Gasteiger partial charge in [-0.2, -0.15) is 0 Å². The molecule has 0 bridgehead atoms. The van der Waals surface area contributed by atoms with Crippen molar-refractivity contribution < 1.29 is 34.2 Å². The Hall–Kier alpha value is 0.792. The van der Waals surface area contributed by atoms with Crippen LogP contribution >= 0.6 is 16.1 Å². The molecule has 0 rings (SSSR count). The molecule has 10 heteroatoms. The maximum absolute atomic E-state index is 9.19. The third-order valence-corrected chi connectivity index (χ3v) is 1.80. The van der Waals surface area contributed by atoms with Crippen LogP contribution in [0.3, 0.4) is 0 Å². The van der Waals surface area contributed by atoms with Crippen LogP contribution in [0.25, 0.3) is 0 Å². The third-order valence-electron chi connectivity index (χ3n) is 0.599. The summed E-state index contributed by atoms with van der Waals surface area (Å²) in [5.74, 6) is 0. The predicted octanol–water partition coefficient (Wildman–Crippen LogP) is -2.50. The molecular formula is C5H15AlO7P2. The first kappa shape index (κ1) is 21.1. The van der Waals surface area contributed by atoms with Gasteiger partial charge in [-0.3, -0.25) is 0 Å². The summed E-state index contributed by atoms with van der Waals surface area (Å²) in [6, 6.07) is 0. The van der Waals surface area contributed by atoms with Gasteiger partial charge in [0.25, 0.3) is 0 Å². The van der Waals surface area contributed by atoms with Crippen molar-refractivity contribution in [2.75, 3.05) is 12.7 Å². The maximum atomic E-state index is 9.19. The molecule has 0 amide bonds. The molecule has 0 spiro atoms. The fourth-order valence-electron chi connectivity index (χ4n) is 0. The van der Waals surface area contributed by atoms with Gasteiger partial charge in [0.1, 0.15) is 0 Å². The smallest absolute Gasteiger partial charge is 0.0810 e. The van der Waals surface area contributed by atoms with E-state index in [4.69, 9.17) is 15.3 Å². The average Bonchev–Trinajstić information content (AvgIpc) is 2.19. The molecule has 0 heterocycles. The second-order valence-electron chi connectivity index (χ2n) is 2.14. The van der Waals surface area contributed by atoms with Crippen LogP contribution in [0.1, 0.15) is 6.92 Å². The van der Waals surface area contributed by atoms with Crippen LogP contribution in [0.4, 0.5) is 0 Å². The number of hydrogen-bond acceptors (Lipinski definition) is 7. The fraction of sp³-hybridized carbons (Fsp3) is 1.00. The minimum absolute atomic E-state index is 0.153. The van der Waals surface area contributed by atoms with Crippen LogP contribution in [0.5, 0.6) is 0 Å². The van der Waals surface area contributed by atoms with Gasteiger partial charge in [-0.15, -0.1) is 0 Å². The zero-order valence-corrected chi connectivity index (χ0v) is 11.4. The van der Waals surface area contributed by atoms with Crippen molar-refractivity contribution in [2.45, 2.75) is 18.3 Å². The zero-order chi connectivity index (χ0) is 12.9. The Morgan fingerprint density at radius 1 is 1.20 bits per heavy atom. The molecule has 0 saturated heterocycles. The molecule has 3 unspecified atom stereocenters. The second-order valence-corrected chi connectivity index (χ2v) is 4.74. The summed E-state index contributed by atoms with van der Waals surface area (Å²) in [7, 11) is -5.64. The minimum atomic E-state index is -2.82. The first-order valence-corrected chi connectivity index (χ1v) is 7.67. The summed E-state index contributed by atoms with van der Waals surface area (Å²) in [4.78, 5) is 18.4. The minimum Gasteiger partial charge on any atom is -0.800 e. The van der Waals surface area contributed by atoms with Crippen LogP contribution in [0.15, 0.2) is 0 Å². The maximum Gasteiger partial charge on any atom is 0.0810 e. The van der Waals surface area contributed by atoms with E-state index in [1.165, 1.54) is 0 Å². The third kappa shape index (κ3) is 52.5. The number of aliphatic hydroxyl groups is 3. The Kier molecular flexibility index (Phi) is 24.2. The molecule has 0 radical (unpaired) electrons. The van der Waals surface area contributed by atoms with Gasteiger partial charge in [-0.1, -0.05) is 0 Å². The fourth-order valence-corrected chi connectivity index (χ4v) is 0. The first-order valence-electron chi connectivity index (χ1n) is 3.81.